The summed E-state index contributed by atoms with van der Waals surface area (Å²) in [6.45, 7) is 0.780. The molecular weight excluding hydrogens is 302 g/mol. The molecule has 3 nitrogen and oxygen atoms in total. The average molecular weight is 314 g/mol. The fourth-order valence-corrected chi connectivity index (χ4v) is 2.30. The van der Waals surface area contributed by atoms with Crippen molar-refractivity contribution in [2.45, 2.75) is 6.54 Å². The molecule has 0 saturated heterocycles. The number of aromatic nitrogens is 3. The highest BCUT2D eigenvalue weighted by Gasteiger charge is 2.03. The Balaban J connectivity index is 1.84. The van der Waals surface area contributed by atoms with E-state index in [-0.39, 0.29) is 0 Å². The van der Waals surface area contributed by atoms with Gasteiger partial charge >= 0.3 is 0 Å². The second-order valence-electron chi connectivity index (χ2n) is 4.30. The Hall–Kier alpha value is -1.94. The Morgan fingerprint density at radius 3 is 2.63 bits per heavy atom. The molecule has 3 aromatic rings. The van der Waals surface area contributed by atoms with Crippen LogP contribution in [0.1, 0.15) is 5.56 Å². The van der Waals surface area contributed by atoms with Crippen molar-refractivity contribution < 1.29 is 0 Å². The maximum absolute atomic E-state index is 4.39. The van der Waals surface area contributed by atoms with Crippen LogP contribution in [0.15, 0.2) is 65.7 Å². The van der Waals surface area contributed by atoms with E-state index >= 15 is 0 Å². The molecule has 0 saturated carbocycles. The molecule has 0 amide bonds. The summed E-state index contributed by atoms with van der Waals surface area (Å²) in [5.74, 6) is 0. The lowest BCUT2D eigenvalue weighted by atomic mass is 10.2. The molecule has 94 valence electrons. The van der Waals surface area contributed by atoms with E-state index in [4.69, 9.17) is 0 Å². The van der Waals surface area contributed by atoms with Gasteiger partial charge in [0.1, 0.15) is 0 Å². The van der Waals surface area contributed by atoms with Gasteiger partial charge in [-0.15, -0.1) is 0 Å². The fraction of sp³-hybridized carbons (Fsp3) is 0.0667. The van der Waals surface area contributed by atoms with Crippen LogP contribution in [0, 0.1) is 0 Å². The zero-order valence-corrected chi connectivity index (χ0v) is 11.8. The summed E-state index contributed by atoms with van der Waals surface area (Å²) in [5.41, 5.74) is 3.38. The van der Waals surface area contributed by atoms with Crippen LogP contribution in [0.2, 0.25) is 0 Å². The first-order valence-electron chi connectivity index (χ1n) is 5.98. The first kappa shape index (κ1) is 12.1. The van der Waals surface area contributed by atoms with Gasteiger partial charge in [0.15, 0.2) is 0 Å². The van der Waals surface area contributed by atoms with Crippen LogP contribution in [0.25, 0.3) is 11.1 Å². The average Bonchev–Trinajstić information content (AvgIpc) is 2.88. The van der Waals surface area contributed by atoms with E-state index in [0.717, 1.165) is 22.1 Å². The van der Waals surface area contributed by atoms with Crippen molar-refractivity contribution in [3.8, 4) is 11.1 Å². The van der Waals surface area contributed by atoms with Crippen molar-refractivity contribution in [1.29, 1.82) is 0 Å². The standard InChI is InChI=1S/C15H12BrN3/c16-15-6-13(7-17-9-15)14-8-18-19(11-14)10-12-4-2-1-3-5-12/h1-9,11H,10H2. The Kier molecular flexibility index (Phi) is 3.42. The molecule has 2 heterocycles. The van der Waals surface area contributed by atoms with Crippen LogP contribution < -0.4 is 0 Å². The van der Waals surface area contributed by atoms with Crippen molar-refractivity contribution in [2.24, 2.45) is 0 Å². The molecule has 0 spiro atoms. The van der Waals surface area contributed by atoms with E-state index in [9.17, 15) is 0 Å². The van der Waals surface area contributed by atoms with Gasteiger partial charge in [0.25, 0.3) is 0 Å². The summed E-state index contributed by atoms with van der Waals surface area (Å²) < 4.78 is 2.91. The lowest BCUT2D eigenvalue weighted by molar-refractivity contribution is 0.687. The number of halogens is 1. The number of rotatable bonds is 3. The highest BCUT2D eigenvalue weighted by molar-refractivity contribution is 9.10. The molecular formula is C15H12BrN3. The molecule has 1 aromatic carbocycles. The molecule has 0 aliphatic rings. The third-order valence-corrected chi connectivity index (χ3v) is 3.29. The number of benzene rings is 1. The van der Waals surface area contributed by atoms with Gasteiger partial charge in [-0.1, -0.05) is 30.3 Å². The molecule has 0 aliphatic carbocycles. The van der Waals surface area contributed by atoms with E-state index < -0.39 is 0 Å². The summed E-state index contributed by atoms with van der Waals surface area (Å²) in [6.07, 6.45) is 7.52. The van der Waals surface area contributed by atoms with Gasteiger partial charge in [0, 0.05) is 34.2 Å². The Morgan fingerprint density at radius 1 is 1.00 bits per heavy atom. The summed E-state index contributed by atoms with van der Waals surface area (Å²) in [4.78, 5) is 4.17. The lowest BCUT2D eigenvalue weighted by Gasteiger charge is -2.01. The molecule has 0 bridgehead atoms. The number of hydrogen-bond acceptors (Lipinski definition) is 2. The quantitative estimate of drug-likeness (QED) is 0.737. The largest absolute Gasteiger partial charge is 0.268 e. The van der Waals surface area contributed by atoms with Crippen LogP contribution in [-0.2, 0) is 6.54 Å². The first-order valence-corrected chi connectivity index (χ1v) is 6.78. The molecule has 0 radical (unpaired) electrons. The fourth-order valence-electron chi connectivity index (χ4n) is 1.94. The molecule has 0 fully saturated rings. The second-order valence-corrected chi connectivity index (χ2v) is 5.22. The zero-order chi connectivity index (χ0) is 13.1. The van der Waals surface area contributed by atoms with Gasteiger partial charge in [-0.2, -0.15) is 5.10 Å². The van der Waals surface area contributed by atoms with Crippen LogP contribution in [0.5, 0.6) is 0 Å². The molecule has 0 unspecified atom stereocenters. The first-order chi connectivity index (χ1) is 9.31. The minimum absolute atomic E-state index is 0.780. The SMILES string of the molecule is Brc1cncc(-c2cnn(Cc3ccccc3)c2)c1. The number of hydrogen-bond donors (Lipinski definition) is 0. The van der Waals surface area contributed by atoms with Gasteiger partial charge in [-0.05, 0) is 27.6 Å². The van der Waals surface area contributed by atoms with Crippen molar-refractivity contribution in [3.63, 3.8) is 0 Å². The Bertz CT molecular complexity index is 677. The van der Waals surface area contributed by atoms with E-state index in [0.29, 0.717) is 0 Å². The number of nitrogens with zero attached hydrogens (tertiary/aromatic N) is 3. The van der Waals surface area contributed by atoms with Gasteiger partial charge < -0.3 is 0 Å². The molecule has 0 N–H and O–H groups in total. The van der Waals surface area contributed by atoms with Gasteiger partial charge in [0.2, 0.25) is 0 Å². The Morgan fingerprint density at radius 2 is 1.84 bits per heavy atom. The van der Waals surface area contributed by atoms with Crippen molar-refractivity contribution in [1.82, 2.24) is 14.8 Å². The highest BCUT2D eigenvalue weighted by atomic mass is 79.9. The topological polar surface area (TPSA) is 30.7 Å². The number of pyridine rings is 1. The van der Waals surface area contributed by atoms with Gasteiger partial charge in [-0.25, -0.2) is 0 Å². The van der Waals surface area contributed by atoms with Gasteiger partial charge in [-0.3, -0.25) is 9.67 Å². The molecule has 0 atom stereocenters. The predicted octanol–water partition coefficient (Wildman–Crippen LogP) is 3.76. The zero-order valence-electron chi connectivity index (χ0n) is 10.2. The molecule has 19 heavy (non-hydrogen) atoms. The molecule has 4 heteroatoms. The van der Waals surface area contributed by atoms with Crippen LogP contribution >= 0.6 is 15.9 Å². The second kappa shape index (κ2) is 5.36. The van der Waals surface area contributed by atoms with Crippen molar-refractivity contribution in [3.05, 3.63) is 71.2 Å². The van der Waals surface area contributed by atoms with Crippen molar-refractivity contribution >= 4 is 15.9 Å². The van der Waals surface area contributed by atoms with E-state index in [1.807, 2.05) is 47.5 Å². The highest BCUT2D eigenvalue weighted by Crippen LogP contribution is 2.21. The molecule has 0 aliphatic heterocycles. The van der Waals surface area contributed by atoms with Crippen LogP contribution in [0.3, 0.4) is 0 Å². The summed E-state index contributed by atoms with van der Waals surface area (Å²) in [5, 5.41) is 4.39. The smallest absolute Gasteiger partial charge is 0.0659 e. The summed E-state index contributed by atoms with van der Waals surface area (Å²) in [7, 11) is 0. The lowest BCUT2D eigenvalue weighted by Crippen LogP contribution is -1.99. The van der Waals surface area contributed by atoms with E-state index in [2.05, 4.69) is 38.1 Å². The molecule has 2 aromatic heterocycles. The summed E-state index contributed by atoms with van der Waals surface area (Å²) >= 11 is 3.43. The van der Waals surface area contributed by atoms with E-state index in [1.165, 1.54) is 5.56 Å². The Labute approximate surface area is 120 Å². The normalized spacial score (nSPS) is 10.6. The minimum Gasteiger partial charge on any atom is -0.268 e. The van der Waals surface area contributed by atoms with Gasteiger partial charge in [0.05, 0.1) is 12.7 Å². The third kappa shape index (κ3) is 2.90. The monoisotopic (exact) mass is 313 g/mol. The van der Waals surface area contributed by atoms with Crippen LogP contribution in [-0.4, -0.2) is 14.8 Å². The van der Waals surface area contributed by atoms with Crippen molar-refractivity contribution in [2.75, 3.05) is 0 Å². The predicted molar refractivity (Wildman–Crippen MR) is 78.7 cm³/mol. The third-order valence-electron chi connectivity index (χ3n) is 2.86. The maximum atomic E-state index is 4.39. The minimum atomic E-state index is 0.780. The summed E-state index contributed by atoms with van der Waals surface area (Å²) in [6, 6.07) is 12.3. The molecule has 3 rings (SSSR count). The van der Waals surface area contributed by atoms with E-state index in [1.54, 1.807) is 6.20 Å². The maximum Gasteiger partial charge on any atom is 0.0659 e. The van der Waals surface area contributed by atoms with Crippen LogP contribution in [0.4, 0.5) is 0 Å².